The molecular formula is C21H21AsO4. The fourth-order valence-electron chi connectivity index (χ4n) is 3.34. The molecule has 2 aromatic carbocycles. The Hall–Kier alpha value is -2.32. The molecule has 2 aromatic rings. The van der Waals surface area contributed by atoms with Crippen LogP contribution in [0, 0.1) is 0 Å². The van der Waals surface area contributed by atoms with E-state index in [1.54, 1.807) is 13.0 Å². The number of aliphatic carboxylic acids is 1. The number of hydrogen-bond donors (Lipinski definition) is 1. The van der Waals surface area contributed by atoms with Crippen LogP contribution in [0.2, 0.25) is 4.20 Å². The number of benzene rings is 2. The Labute approximate surface area is 159 Å². The zero-order valence-electron chi connectivity index (χ0n) is 14.6. The molecule has 1 aliphatic carbocycles. The van der Waals surface area contributed by atoms with E-state index in [-0.39, 0.29) is 23.7 Å². The van der Waals surface area contributed by atoms with Crippen molar-refractivity contribution in [3.05, 3.63) is 72.3 Å². The Kier molecular flexibility index (Phi) is 5.33. The van der Waals surface area contributed by atoms with Crippen molar-refractivity contribution < 1.29 is 19.4 Å². The molecule has 26 heavy (non-hydrogen) atoms. The predicted octanol–water partition coefficient (Wildman–Crippen LogP) is 4.21. The molecule has 0 heterocycles. The third-order valence-corrected chi connectivity index (χ3v) is 7.51. The maximum absolute atomic E-state index is 12.4. The Morgan fingerprint density at radius 3 is 2.19 bits per heavy atom. The van der Waals surface area contributed by atoms with Crippen LogP contribution in [0.5, 0.6) is 0 Å². The van der Waals surface area contributed by atoms with E-state index in [9.17, 15) is 14.7 Å². The molecule has 4 nitrogen and oxygen atoms in total. The summed E-state index contributed by atoms with van der Waals surface area (Å²) >= 11 is -1.48. The number of allylic oxidation sites excluding steroid dienone is 1. The molecule has 1 aliphatic rings. The van der Waals surface area contributed by atoms with Crippen molar-refractivity contribution in [2.75, 3.05) is 6.61 Å². The van der Waals surface area contributed by atoms with Gasteiger partial charge in [0.1, 0.15) is 0 Å². The summed E-state index contributed by atoms with van der Waals surface area (Å²) in [5, 5.41) is 9.43. The van der Waals surface area contributed by atoms with Crippen LogP contribution < -0.4 is 0 Å². The molecule has 0 saturated heterocycles. The van der Waals surface area contributed by atoms with E-state index in [4.69, 9.17) is 4.74 Å². The van der Waals surface area contributed by atoms with Gasteiger partial charge in [-0.3, -0.25) is 0 Å². The van der Waals surface area contributed by atoms with Crippen LogP contribution in [-0.2, 0) is 9.53 Å². The summed E-state index contributed by atoms with van der Waals surface area (Å²) in [6.45, 7) is 5.43. The number of carbonyl (C=O) groups excluding carboxylic acids is 1. The second-order valence-electron chi connectivity index (χ2n) is 6.58. The van der Waals surface area contributed by atoms with Gasteiger partial charge in [-0.2, -0.15) is 0 Å². The van der Waals surface area contributed by atoms with Crippen molar-refractivity contribution in [3.8, 4) is 11.1 Å². The second-order valence-corrected chi connectivity index (χ2v) is 10.3. The maximum atomic E-state index is 12.4. The third-order valence-electron chi connectivity index (χ3n) is 4.75. The summed E-state index contributed by atoms with van der Waals surface area (Å²) in [7, 11) is 0. The summed E-state index contributed by atoms with van der Waals surface area (Å²) < 4.78 is 4.11. The molecular weight excluding hydrogens is 391 g/mol. The van der Waals surface area contributed by atoms with E-state index >= 15 is 0 Å². The molecule has 1 N–H and O–H groups in total. The van der Waals surface area contributed by atoms with Crippen molar-refractivity contribution in [3.63, 3.8) is 0 Å². The molecule has 2 atom stereocenters. The van der Waals surface area contributed by atoms with Crippen molar-refractivity contribution in [2.45, 2.75) is 23.5 Å². The van der Waals surface area contributed by atoms with E-state index in [1.807, 2.05) is 24.3 Å². The van der Waals surface area contributed by atoms with Crippen LogP contribution in [0.25, 0.3) is 11.1 Å². The number of hydrogen-bond acceptors (Lipinski definition) is 3. The molecule has 0 radical (unpaired) electrons. The summed E-state index contributed by atoms with van der Waals surface area (Å²) in [5.41, 5.74) is 4.63. The van der Waals surface area contributed by atoms with Gasteiger partial charge in [0.05, 0.1) is 0 Å². The molecule has 0 bridgehead atoms. The SMILES string of the molecule is C=CC[C@@](C)([AsH]C(=O)OCC1c2ccccc2-c2ccccc21)C(=O)O. The van der Waals surface area contributed by atoms with Crippen molar-refractivity contribution in [1.82, 2.24) is 0 Å². The number of carboxylic acid groups (broad SMARTS) is 1. The fourth-order valence-corrected chi connectivity index (χ4v) is 5.35. The Morgan fingerprint density at radius 2 is 1.69 bits per heavy atom. The first-order chi connectivity index (χ1) is 12.5. The molecule has 0 aromatic heterocycles. The molecule has 0 fully saturated rings. The number of fused-ring (bicyclic) bond motifs is 3. The van der Waals surface area contributed by atoms with Crippen LogP contribution >= 0.6 is 0 Å². The minimum atomic E-state index is -1.48. The van der Waals surface area contributed by atoms with E-state index in [0.29, 0.717) is 0 Å². The quantitative estimate of drug-likeness (QED) is 0.547. The van der Waals surface area contributed by atoms with Gasteiger partial charge in [-0.15, -0.1) is 0 Å². The Balaban J connectivity index is 1.75. The van der Waals surface area contributed by atoms with Crippen LogP contribution in [0.1, 0.15) is 30.4 Å². The van der Waals surface area contributed by atoms with Crippen molar-refractivity contribution >= 4 is 26.5 Å². The third kappa shape index (κ3) is 3.47. The van der Waals surface area contributed by atoms with Crippen molar-refractivity contribution in [1.29, 1.82) is 0 Å². The molecule has 3 rings (SSSR count). The number of carbonyl (C=O) groups is 2. The van der Waals surface area contributed by atoms with Crippen LogP contribution in [0.15, 0.2) is 61.2 Å². The van der Waals surface area contributed by atoms with Gasteiger partial charge in [0.2, 0.25) is 0 Å². The van der Waals surface area contributed by atoms with Gasteiger partial charge < -0.3 is 0 Å². The first-order valence-electron chi connectivity index (χ1n) is 8.44. The average molecular weight is 412 g/mol. The monoisotopic (exact) mass is 412 g/mol. The Morgan fingerprint density at radius 1 is 1.15 bits per heavy atom. The van der Waals surface area contributed by atoms with Gasteiger partial charge in [0.25, 0.3) is 0 Å². The standard InChI is InChI=1S/C21H21AsO4/c1-3-12-21(2,19(23)24)22-20(25)26-13-18-16-10-6-4-8-14(16)15-9-5-7-11-17(15)18/h3-11,18,22H,1,12-13H2,2H3,(H,23,24)/t21-/m1/s1. The van der Waals surface area contributed by atoms with Crippen LogP contribution in [0.3, 0.4) is 0 Å². The molecule has 0 spiro atoms. The molecule has 134 valence electrons. The van der Waals surface area contributed by atoms with Crippen LogP contribution in [-0.4, -0.2) is 38.2 Å². The summed E-state index contributed by atoms with van der Waals surface area (Å²) in [5.74, 6) is -0.973. The minimum absolute atomic E-state index is 0.00608. The van der Waals surface area contributed by atoms with Gasteiger partial charge in [-0.25, -0.2) is 0 Å². The zero-order chi connectivity index (χ0) is 18.7. The van der Waals surface area contributed by atoms with Gasteiger partial charge in [0.15, 0.2) is 0 Å². The van der Waals surface area contributed by atoms with Gasteiger partial charge in [0, 0.05) is 0 Å². The number of rotatable bonds is 7. The van der Waals surface area contributed by atoms with E-state index in [2.05, 4.69) is 30.8 Å². The molecule has 0 aliphatic heterocycles. The molecule has 5 heteroatoms. The van der Waals surface area contributed by atoms with Gasteiger partial charge in [-0.05, 0) is 0 Å². The predicted molar refractivity (Wildman–Crippen MR) is 103 cm³/mol. The van der Waals surface area contributed by atoms with Crippen molar-refractivity contribution in [2.24, 2.45) is 0 Å². The second kappa shape index (κ2) is 7.51. The first kappa shape index (κ1) is 18.5. The van der Waals surface area contributed by atoms with Crippen LogP contribution in [0.4, 0.5) is 4.79 Å². The summed E-state index contributed by atoms with van der Waals surface area (Å²) in [6.07, 6.45) is 1.82. The first-order valence-corrected chi connectivity index (χ1v) is 10.5. The normalized spacial score (nSPS) is 15.3. The number of carboxylic acids is 1. The Bertz CT molecular complexity index is 815. The molecule has 1 unspecified atom stereocenters. The molecule has 0 saturated carbocycles. The van der Waals surface area contributed by atoms with Gasteiger partial charge in [-0.1, -0.05) is 0 Å². The van der Waals surface area contributed by atoms with E-state index in [1.165, 1.54) is 11.1 Å². The topological polar surface area (TPSA) is 63.6 Å². The van der Waals surface area contributed by atoms with E-state index < -0.39 is 25.9 Å². The van der Waals surface area contributed by atoms with Gasteiger partial charge >= 0.3 is 159 Å². The summed E-state index contributed by atoms with van der Waals surface area (Å²) in [6, 6.07) is 16.3. The zero-order valence-corrected chi connectivity index (χ0v) is 16.7. The molecule has 0 amide bonds. The number of ether oxygens (including phenoxy) is 1. The average Bonchev–Trinajstić information content (AvgIpc) is 2.94. The van der Waals surface area contributed by atoms with E-state index in [0.717, 1.165) is 11.1 Å². The fraction of sp³-hybridized carbons (Fsp3) is 0.238. The summed E-state index contributed by atoms with van der Waals surface area (Å²) in [4.78, 5) is 23.9.